The van der Waals surface area contributed by atoms with Crippen LogP contribution in [0.5, 0.6) is 0 Å². The molecule has 0 aromatic heterocycles. The molecule has 2 aliphatic carbocycles. The van der Waals surface area contributed by atoms with Crippen molar-refractivity contribution in [2.75, 3.05) is 13.1 Å². The lowest BCUT2D eigenvalue weighted by molar-refractivity contribution is -0.146. The highest BCUT2D eigenvalue weighted by atomic mass is 16.4. The average molecular weight is 265 g/mol. The second-order valence-corrected chi connectivity index (χ2v) is 7.28. The smallest absolute Gasteiger partial charge is 0.306 e. The number of carboxylic acids is 1. The van der Waals surface area contributed by atoms with E-state index in [9.17, 15) is 4.79 Å². The van der Waals surface area contributed by atoms with Gasteiger partial charge in [0.1, 0.15) is 0 Å². The normalized spacial score (nSPS) is 30.4. The summed E-state index contributed by atoms with van der Waals surface area (Å²) >= 11 is 0. The van der Waals surface area contributed by atoms with Gasteiger partial charge in [-0.3, -0.25) is 9.69 Å². The third-order valence-corrected chi connectivity index (χ3v) is 6.23. The number of likely N-dealkylation sites (tertiary alicyclic amines) is 1. The molecule has 1 saturated heterocycles. The fourth-order valence-corrected chi connectivity index (χ4v) is 4.57. The molecule has 3 fully saturated rings. The Kier molecular flexibility index (Phi) is 3.59. The fourth-order valence-electron chi connectivity index (χ4n) is 4.57. The summed E-state index contributed by atoms with van der Waals surface area (Å²) in [6, 6.07) is 0.753. The molecular formula is C16H27NO2. The quantitative estimate of drug-likeness (QED) is 0.852. The standard InChI is InChI=1S/C16H27NO2/c1-12(15(18)19)13-10-17(11-13)14-4-8-16(9-5-14)6-2-3-7-16/h12-14H,2-11H2,1H3,(H,18,19). The van der Waals surface area contributed by atoms with E-state index in [2.05, 4.69) is 4.90 Å². The van der Waals surface area contributed by atoms with Crippen molar-refractivity contribution in [1.29, 1.82) is 0 Å². The van der Waals surface area contributed by atoms with E-state index in [1.807, 2.05) is 6.92 Å². The van der Waals surface area contributed by atoms with Gasteiger partial charge >= 0.3 is 5.97 Å². The van der Waals surface area contributed by atoms with E-state index in [0.717, 1.165) is 24.5 Å². The Morgan fingerprint density at radius 3 is 2.26 bits per heavy atom. The summed E-state index contributed by atoms with van der Waals surface area (Å²) in [6.45, 7) is 3.90. The maximum absolute atomic E-state index is 11.0. The summed E-state index contributed by atoms with van der Waals surface area (Å²) in [6.07, 6.45) is 11.4. The highest BCUT2D eigenvalue weighted by Crippen LogP contribution is 2.50. The minimum absolute atomic E-state index is 0.166. The van der Waals surface area contributed by atoms with Gasteiger partial charge in [-0.25, -0.2) is 0 Å². The molecule has 1 atom stereocenters. The van der Waals surface area contributed by atoms with E-state index in [4.69, 9.17) is 5.11 Å². The summed E-state index contributed by atoms with van der Waals surface area (Å²) in [4.78, 5) is 13.5. The molecular weight excluding hydrogens is 238 g/mol. The number of carbonyl (C=O) groups is 1. The third-order valence-electron chi connectivity index (χ3n) is 6.23. The van der Waals surface area contributed by atoms with Gasteiger partial charge in [0.15, 0.2) is 0 Å². The van der Waals surface area contributed by atoms with Crippen molar-refractivity contribution in [3.8, 4) is 0 Å². The number of aliphatic carboxylic acids is 1. The zero-order valence-corrected chi connectivity index (χ0v) is 12.1. The maximum Gasteiger partial charge on any atom is 0.306 e. The molecule has 1 N–H and O–H groups in total. The second kappa shape index (κ2) is 5.08. The van der Waals surface area contributed by atoms with Crippen LogP contribution >= 0.6 is 0 Å². The first kappa shape index (κ1) is 13.4. The lowest BCUT2D eigenvalue weighted by atomic mass is 9.70. The van der Waals surface area contributed by atoms with Crippen LogP contribution in [0.1, 0.15) is 58.3 Å². The van der Waals surface area contributed by atoms with E-state index in [-0.39, 0.29) is 5.92 Å². The highest BCUT2D eigenvalue weighted by molar-refractivity contribution is 5.70. The Labute approximate surface area is 116 Å². The first-order chi connectivity index (χ1) is 9.10. The van der Waals surface area contributed by atoms with E-state index < -0.39 is 5.97 Å². The summed E-state index contributed by atoms with van der Waals surface area (Å²) in [5.41, 5.74) is 0.717. The molecule has 0 radical (unpaired) electrons. The Hall–Kier alpha value is -0.570. The predicted molar refractivity (Wildman–Crippen MR) is 75.0 cm³/mol. The van der Waals surface area contributed by atoms with E-state index in [1.165, 1.54) is 51.4 Å². The van der Waals surface area contributed by atoms with Crippen LogP contribution in [0.25, 0.3) is 0 Å². The molecule has 0 aromatic carbocycles. The SMILES string of the molecule is CC(C(=O)O)C1CN(C2CCC3(CCCC3)CC2)C1. The van der Waals surface area contributed by atoms with Gasteiger partial charge in [0.2, 0.25) is 0 Å². The zero-order valence-electron chi connectivity index (χ0n) is 12.1. The lowest BCUT2D eigenvalue weighted by Crippen LogP contribution is -2.56. The van der Waals surface area contributed by atoms with Crippen LogP contribution in [0.3, 0.4) is 0 Å². The molecule has 3 heteroatoms. The Morgan fingerprint density at radius 1 is 1.16 bits per heavy atom. The predicted octanol–water partition coefficient (Wildman–Crippen LogP) is 3.14. The van der Waals surface area contributed by atoms with Gasteiger partial charge in [-0.05, 0) is 49.9 Å². The number of hydrogen-bond donors (Lipinski definition) is 1. The van der Waals surface area contributed by atoms with Gasteiger partial charge in [-0.1, -0.05) is 19.8 Å². The molecule has 1 aliphatic heterocycles. The van der Waals surface area contributed by atoms with Crippen molar-refractivity contribution in [3.05, 3.63) is 0 Å². The average Bonchev–Trinajstić information content (AvgIpc) is 2.78. The van der Waals surface area contributed by atoms with Crippen LogP contribution in [0.4, 0.5) is 0 Å². The van der Waals surface area contributed by atoms with Crippen LogP contribution in [-0.4, -0.2) is 35.1 Å². The number of nitrogens with zero attached hydrogens (tertiary/aromatic N) is 1. The molecule has 1 spiro atoms. The number of hydrogen-bond acceptors (Lipinski definition) is 2. The number of carboxylic acid groups (broad SMARTS) is 1. The number of rotatable bonds is 3. The fraction of sp³-hybridized carbons (Fsp3) is 0.938. The summed E-state index contributed by atoms with van der Waals surface area (Å²) in [5, 5.41) is 9.03. The summed E-state index contributed by atoms with van der Waals surface area (Å²) in [5.74, 6) is -0.404. The molecule has 2 saturated carbocycles. The van der Waals surface area contributed by atoms with Crippen molar-refractivity contribution < 1.29 is 9.90 Å². The molecule has 0 aromatic rings. The van der Waals surface area contributed by atoms with Crippen molar-refractivity contribution in [1.82, 2.24) is 4.90 Å². The maximum atomic E-state index is 11.0. The summed E-state index contributed by atoms with van der Waals surface area (Å²) < 4.78 is 0. The Bertz CT molecular complexity index is 333. The largest absolute Gasteiger partial charge is 0.481 e. The summed E-state index contributed by atoms with van der Waals surface area (Å²) in [7, 11) is 0. The second-order valence-electron chi connectivity index (χ2n) is 7.28. The molecule has 19 heavy (non-hydrogen) atoms. The van der Waals surface area contributed by atoms with Gasteiger partial charge in [0.05, 0.1) is 5.92 Å². The van der Waals surface area contributed by atoms with Crippen LogP contribution in [0.15, 0.2) is 0 Å². The van der Waals surface area contributed by atoms with Crippen LogP contribution in [-0.2, 0) is 4.79 Å². The Morgan fingerprint density at radius 2 is 1.74 bits per heavy atom. The van der Waals surface area contributed by atoms with Crippen LogP contribution in [0.2, 0.25) is 0 Å². The van der Waals surface area contributed by atoms with Gasteiger partial charge in [0.25, 0.3) is 0 Å². The molecule has 1 heterocycles. The molecule has 3 aliphatic rings. The monoisotopic (exact) mass is 265 g/mol. The highest BCUT2D eigenvalue weighted by Gasteiger charge is 2.43. The zero-order chi connectivity index (χ0) is 13.5. The molecule has 3 nitrogen and oxygen atoms in total. The van der Waals surface area contributed by atoms with Gasteiger partial charge in [-0.2, -0.15) is 0 Å². The molecule has 0 amide bonds. The van der Waals surface area contributed by atoms with Crippen LogP contribution < -0.4 is 0 Å². The lowest BCUT2D eigenvalue weighted by Gasteiger charge is -2.49. The van der Waals surface area contributed by atoms with Crippen molar-refractivity contribution in [2.45, 2.75) is 64.3 Å². The van der Waals surface area contributed by atoms with Crippen molar-refractivity contribution >= 4 is 5.97 Å². The van der Waals surface area contributed by atoms with Gasteiger partial charge < -0.3 is 5.11 Å². The minimum atomic E-state index is -0.627. The first-order valence-electron chi connectivity index (χ1n) is 8.06. The van der Waals surface area contributed by atoms with Crippen LogP contribution in [0, 0.1) is 17.3 Å². The van der Waals surface area contributed by atoms with Gasteiger partial charge in [0, 0.05) is 19.1 Å². The first-order valence-corrected chi connectivity index (χ1v) is 8.06. The van der Waals surface area contributed by atoms with Crippen molar-refractivity contribution in [2.24, 2.45) is 17.3 Å². The molecule has 108 valence electrons. The van der Waals surface area contributed by atoms with E-state index in [0.29, 0.717) is 5.92 Å². The van der Waals surface area contributed by atoms with Crippen molar-refractivity contribution in [3.63, 3.8) is 0 Å². The topological polar surface area (TPSA) is 40.5 Å². The Balaban J connectivity index is 1.45. The van der Waals surface area contributed by atoms with E-state index >= 15 is 0 Å². The minimum Gasteiger partial charge on any atom is -0.481 e. The third kappa shape index (κ3) is 2.54. The van der Waals surface area contributed by atoms with Gasteiger partial charge in [-0.15, -0.1) is 0 Å². The molecule has 3 rings (SSSR count). The molecule has 1 unspecified atom stereocenters. The molecule has 0 bridgehead atoms. The van der Waals surface area contributed by atoms with E-state index in [1.54, 1.807) is 0 Å².